The van der Waals surface area contributed by atoms with Gasteiger partial charge in [0, 0.05) is 10.8 Å². The monoisotopic (exact) mass is 240 g/mol. The second-order valence-electron chi connectivity index (χ2n) is 5.65. The van der Waals surface area contributed by atoms with Crippen molar-refractivity contribution in [2.24, 2.45) is 0 Å². The molecule has 3 heteroatoms. The van der Waals surface area contributed by atoms with E-state index in [0.29, 0.717) is 5.71 Å². The summed E-state index contributed by atoms with van der Waals surface area (Å²) in [5.41, 5.74) is 2.58. The molecule has 0 N–H and O–H groups in total. The lowest BCUT2D eigenvalue weighted by Gasteiger charge is -2.18. The van der Waals surface area contributed by atoms with Gasteiger partial charge in [-0.1, -0.05) is 39.0 Å². The Hall–Kier alpha value is -1.90. The van der Waals surface area contributed by atoms with E-state index in [4.69, 9.17) is 4.42 Å². The molecule has 0 radical (unpaired) electrons. The molecule has 0 aliphatic rings. The summed E-state index contributed by atoms with van der Waals surface area (Å²) in [5.74, 6) is 0.756. The Morgan fingerprint density at radius 2 is 1.78 bits per heavy atom. The van der Waals surface area contributed by atoms with E-state index in [1.165, 1.54) is 0 Å². The topological polar surface area (TPSA) is 38.9 Å². The number of hydrogen-bond donors (Lipinski definition) is 0. The Kier molecular flexibility index (Phi) is 2.21. The number of hydrogen-bond acceptors (Lipinski definition) is 3. The first kappa shape index (κ1) is 11.2. The first-order valence-corrected chi connectivity index (χ1v) is 6.13. The largest absolute Gasteiger partial charge is 0.438 e. The minimum absolute atomic E-state index is 0.0292. The number of furan rings is 1. The number of benzene rings is 1. The molecule has 92 valence electrons. The molecular formula is C15H16N2O. The lowest BCUT2D eigenvalue weighted by molar-refractivity contribution is 0.568. The molecular weight excluding hydrogens is 224 g/mol. The summed E-state index contributed by atoms with van der Waals surface area (Å²) in [5, 5.41) is 2.14. The molecule has 1 aromatic carbocycles. The van der Waals surface area contributed by atoms with Crippen LogP contribution >= 0.6 is 0 Å². The minimum Gasteiger partial charge on any atom is -0.438 e. The highest BCUT2D eigenvalue weighted by Gasteiger charge is 2.23. The van der Waals surface area contributed by atoms with E-state index in [0.717, 1.165) is 27.9 Å². The third kappa shape index (κ3) is 1.58. The number of aryl methyl sites for hydroxylation is 1. The van der Waals surface area contributed by atoms with E-state index in [2.05, 4.69) is 36.8 Å². The van der Waals surface area contributed by atoms with Crippen molar-refractivity contribution in [1.29, 1.82) is 0 Å². The third-order valence-electron chi connectivity index (χ3n) is 3.06. The van der Waals surface area contributed by atoms with Crippen LogP contribution in [-0.2, 0) is 5.41 Å². The summed E-state index contributed by atoms with van der Waals surface area (Å²) >= 11 is 0. The highest BCUT2D eigenvalue weighted by Crippen LogP contribution is 2.34. The summed E-state index contributed by atoms with van der Waals surface area (Å²) in [7, 11) is 0. The number of fused-ring (bicyclic) bond motifs is 3. The Morgan fingerprint density at radius 3 is 2.50 bits per heavy atom. The minimum atomic E-state index is -0.0292. The van der Waals surface area contributed by atoms with Crippen molar-refractivity contribution < 1.29 is 4.42 Å². The van der Waals surface area contributed by atoms with E-state index in [9.17, 15) is 0 Å². The van der Waals surface area contributed by atoms with Crippen molar-refractivity contribution in [2.75, 3.05) is 0 Å². The highest BCUT2D eigenvalue weighted by atomic mass is 16.3. The zero-order valence-electron chi connectivity index (χ0n) is 11.1. The fraction of sp³-hybridized carbons (Fsp3) is 0.333. The predicted octanol–water partition coefficient (Wildman–Crippen LogP) is 3.98. The molecule has 0 saturated heterocycles. The van der Waals surface area contributed by atoms with Crippen molar-refractivity contribution in [3.63, 3.8) is 0 Å². The van der Waals surface area contributed by atoms with Gasteiger partial charge in [-0.2, -0.15) is 4.98 Å². The summed E-state index contributed by atoms with van der Waals surface area (Å²) < 4.78 is 5.82. The maximum Gasteiger partial charge on any atom is 0.230 e. The molecule has 0 aliphatic heterocycles. The molecule has 0 atom stereocenters. The van der Waals surface area contributed by atoms with Crippen molar-refractivity contribution >= 4 is 22.1 Å². The Morgan fingerprint density at radius 1 is 1.06 bits per heavy atom. The second kappa shape index (κ2) is 3.55. The Balaban J connectivity index is 2.54. The van der Waals surface area contributed by atoms with Crippen molar-refractivity contribution in [1.82, 2.24) is 9.97 Å². The molecule has 3 aromatic rings. The average molecular weight is 240 g/mol. The molecule has 0 fully saturated rings. The number of para-hydroxylation sites is 1. The quantitative estimate of drug-likeness (QED) is 0.596. The number of nitrogens with zero attached hydrogens (tertiary/aromatic N) is 2. The lowest BCUT2D eigenvalue weighted by atomic mass is 9.89. The normalized spacial score (nSPS) is 12.4. The molecule has 2 heterocycles. The van der Waals surface area contributed by atoms with Crippen LogP contribution in [0.4, 0.5) is 0 Å². The first-order chi connectivity index (χ1) is 8.47. The molecule has 0 spiro atoms. The van der Waals surface area contributed by atoms with Crippen molar-refractivity contribution in [3.8, 4) is 0 Å². The van der Waals surface area contributed by atoms with Gasteiger partial charge in [-0.25, -0.2) is 4.98 Å². The molecule has 0 bridgehead atoms. The van der Waals surface area contributed by atoms with Crippen LogP contribution in [-0.4, -0.2) is 9.97 Å². The number of rotatable bonds is 0. The van der Waals surface area contributed by atoms with Crippen LogP contribution in [0.3, 0.4) is 0 Å². The van der Waals surface area contributed by atoms with Crippen LogP contribution < -0.4 is 0 Å². The van der Waals surface area contributed by atoms with Gasteiger partial charge < -0.3 is 4.42 Å². The maximum atomic E-state index is 5.82. The zero-order chi connectivity index (χ0) is 12.9. The van der Waals surface area contributed by atoms with Crippen LogP contribution in [0.5, 0.6) is 0 Å². The summed E-state index contributed by atoms with van der Waals surface area (Å²) in [6, 6.07) is 8.03. The van der Waals surface area contributed by atoms with Gasteiger partial charge >= 0.3 is 0 Å². The van der Waals surface area contributed by atoms with E-state index in [-0.39, 0.29) is 5.41 Å². The summed E-state index contributed by atoms with van der Waals surface area (Å²) in [6.45, 7) is 8.39. The second-order valence-corrected chi connectivity index (χ2v) is 5.65. The van der Waals surface area contributed by atoms with Crippen LogP contribution in [0.1, 0.15) is 32.3 Å². The van der Waals surface area contributed by atoms with E-state index in [1.54, 1.807) is 0 Å². The van der Waals surface area contributed by atoms with Gasteiger partial charge in [0.15, 0.2) is 0 Å². The Bertz CT molecular complexity index is 735. The molecule has 2 aromatic heterocycles. The molecule has 3 nitrogen and oxygen atoms in total. The molecule has 3 rings (SSSR count). The van der Waals surface area contributed by atoms with Crippen LogP contribution in [0, 0.1) is 6.92 Å². The Labute approximate surface area is 106 Å². The lowest BCUT2D eigenvalue weighted by Crippen LogP contribution is -2.15. The smallest absolute Gasteiger partial charge is 0.230 e. The molecule has 18 heavy (non-hydrogen) atoms. The van der Waals surface area contributed by atoms with E-state index >= 15 is 0 Å². The van der Waals surface area contributed by atoms with Gasteiger partial charge in [-0.15, -0.1) is 0 Å². The fourth-order valence-corrected chi connectivity index (χ4v) is 2.27. The molecule has 0 amide bonds. The van der Waals surface area contributed by atoms with Gasteiger partial charge in [0.2, 0.25) is 5.71 Å². The standard InChI is InChI=1S/C15H16N2O/c1-9-16-13(15(2,3)4)12-10-7-5-6-8-11(10)18-14(12)17-9/h5-8H,1-4H3. The highest BCUT2D eigenvalue weighted by molar-refractivity contribution is 6.05. The van der Waals surface area contributed by atoms with Crippen molar-refractivity contribution in [2.45, 2.75) is 33.1 Å². The molecule has 0 aliphatic carbocycles. The van der Waals surface area contributed by atoms with Crippen molar-refractivity contribution in [3.05, 3.63) is 35.8 Å². The molecule has 0 saturated carbocycles. The van der Waals surface area contributed by atoms with Gasteiger partial charge in [-0.05, 0) is 13.0 Å². The fourth-order valence-electron chi connectivity index (χ4n) is 2.27. The SMILES string of the molecule is Cc1nc(C(C)(C)C)c2c(n1)oc1ccccc12. The van der Waals surface area contributed by atoms with Crippen LogP contribution in [0.25, 0.3) is 22.1 Å². The van der Waals surface area contributed by atoms with Gasteiger partial charge in [-0.3, -0.25) is 0 Å². The van der Waals surface area contributed by atoms with E-state index in [1.807, 2.05) is 25.1 Å². The summed E-state index contributed by atoms with van der Waals surface area (Å²) in [4.78, 5) is 9.03. The van der Waals surface area contributed by atoms with Gasteiger partial charge in [0.05, 0.1) is 11.1 Å². The van der Waals surface area contributed by atoms with E-state index < -0.39 is 0 Å². The first-order valence-electron chi connectivity index (χ1n) is 6.13. The van der Waals surface area contributed by atoms with Crippen LogP contribution in [0.2, 0.25) is 0 Å². The predicted molar refractivity (Wildman–Crippen MR) is 72.7 cm³/mol. The third-order valence-corrected chi connectivity index (χ3v) is 3.06. The average Bonchev–Trinajstić information content (AvgIpc) is 2.64. The molecule has 0 unspecified atom stereocenters. The number of aromatic nitrogens is 2. The maximum absolute atomic E-state index is 5.82. The van der Waals surface area contributed by atoms with Gasteiger partial charge in [0.1, 0.15) is 11.4 Å². The summed E-state index contributed by atoms with van der Waals surface area (Å²) in [6.07, 6.45) is 0. The zero-order valence-corrected chi connectivity index (χ0v) is 11.1. The van der Waals surface area contributed by atoms with Crippen LogP contribution in [0.15, 0.2) is 28.7 Å². The van der Waals surface area contributed by atoms with Gasteiger partial charge in [0.25, 0.3) is 0 Å².